The van der Waals surface area contributed by atoms with E-state index in [2.05, 4.69) is 49.3 Å². The number of hydrogen-bond acceptors (Lipinski definition) is 3. The molecule has 1 amide bonds. The number of carbonyl (C=O) groups is 1. The van der Waals surface area contributed by atoms with Crippen LogP contribution in [0.15, 0.2) is 18.2 Å². The van der Waals surface area contributed by atoms with E-state index in [1.807, 2.05) is 6.92 Å². The van der Waals surface area contributed by atoms with Crippen LogP contribution in [0.2, 0.25) is 0 Å². The topological polar surface area (TPSA) is 58.4 Å². The number of nitrogens with one attached hydrogen (secondary N) is 1. The fraction of sp³-hybridized carbons (Fsp3) is 0.588. The van der Waals surface area contributed by atoms with E-state index in [-0.39, 0.29) is 5.91 Å². The number of nitrogens with zero attached hydrogens (tertiary/aromatic N) is 1. The number of carbonyl (C=O) groups excluding carboxylic acids is 1. The van der Waals surface area contributed by atoms with E-state index in [0.717, 1.165) is 25.8 Å². The molecule has 0 fully saturated rings. The summed E-state index contributed by atoms with van der Waals surface area (Å²) in [6, 6.07) is 6.59. The summed E-state index contributed by atoms with van der Waals surface area (Å²) in [5, 5.41) is 3.02. The molecule has 0 bridgehead atoms. The molecule has 0 spiro atoms. The Kier molecular flexibility index (Phi) is 6.21. The summed E-state index contributed by atoms with van der Waals surface area (Å²) in [6.07, 6.45) is 2.77. The Labute approximate surface area is 128 Å². The third kappa shape index (κ3) is 5.05. The van der Waals surface area contributed by atoms with Gasteiger partial charge in [-0.25, -0.2) is 0 Å². The molecule has 3 N–H and O–H groups in total. The maximum absolute atomic E-state index is 11.4. The number of likely N-dealkylation sites (N-methyl/N-ethyl adjacent to an activating group) is 1. The number of hydrogen-bond donors (Lipinski definition) is 2. The average molecular weight is 291 g/mol. The predicted molar refractivity (Wildman–Crippen MR) is 89.7 cm³/mol. The second-order valence-corrected chi connectivity index (χ2v) is 6.17. The van der Waals surface area contributed by atoms with Gasteiger partial charge in [-0.2, -0.15) is 0 Å². The fourth-order valence-electron chi connectivity index (χ4n) is 2.50. The molecule has 1 rings (SSSR count). The molecule has 0 aliphatic carbocycles. The molecule has 1 atom stereocenters. The molecular formula is C17H29N3O. The van der Waals surface area contributed by atoms with E-state index >= 15 is 0 Å². The molecule has 1 unspecified atom stereocenters. The van der Waals surface area contributed by atoms with Crippen molar-refractivity contribution in [1.82, 2.24) is 5.32 Å². The van der Waals surface area contributed by atoms with Crippen LogP contribution in [0.25, 0.3) is 0 Å². The Morgan fingerprint density at radius 1 is 1.24 bits per heavy atom. The van der Waals surface area contributed by atoms with Gasteiger partial charge in [0.1, 0.15) is 0 Å². The summed E-state index contributed by atoms with van der Waals surface area (Å²) >= 11 is 0. The lowest BCUT2D eigenvalue weighted by atomic mass is 9.94. The molecule has 21 heavy (non-hydrogen) atoms. The molecule has 0 aliphatic rings. The SMILES string of the molecule is CNC(C)(CCCCN(C)c1cc(C)cc(C)c1)C(N)=O. The van der Waals surface area contributed by atoms with Crippen LogP contribution in [-0.4, -0.2) is 32.1 Å². The van der Waals surface area contributed by atoms with Gasteiger partial charge < -0.3 is 16.0 Å². The van der Waals surface area contributed by atoms with Crippen LogP contribution in [0.3, 0.4) is 0 Å². The third-order valence-corrected chi connectivity index (χ3v) is 4.16. The zero-order valence-corrected chi connectivity index (χ0v) is 14.0. The first-order chi connectivity index (χ1) is 9.78. The normalized spacial score (nSPS) is 13.8. The highest BCUT2D eigenvalue weighted by Gasteiger charge is 2.27. The van der Waals surface area contributed by atoms with Crippen LogP contribution in [0.5, 0.6) is 0 Å². The highest BCUT2D eigenvalue weighted by atomic mass is 16.1. The number of rotatable bonds is 8. The van der Waals surface area contributed by atoms with Crippen LogP contribution in [-0.2, 0) is 4.79 Å². The van der Waals surface area contributed by atoms with Crippen molar-refractivity contribution in [2.45, 2.75) is 45.6 Å². The zero-order chi connectivity index (χ0) is 16.0. The van der Waals surface area contributed by atoms with Gasteiger partial charge in [0.05, 0.1) is 5.54 Å². The van der Waals surface area contributed by atoms with E-state index in [1.54, 1.807) is 7.05 Å². The van der Waals surface area contributed by atoms with Gasteiger partial charge in [-0.05, 0) is 70.3 Å². The summed E-state index contributed by atoms with van der Waals surface area (Å²) in [7, 11) is 3.89. The molecule has 0 aliphatic heterocycles. The Morgan fingerprint density at radius 3 is 2.29 bits per heavy atom. The van der Waals surface area contributed by atoms with Gasteiger partial charge in [0, 0.05) is 19.3 Å². The summed E-state index contributed by atoms with van der Waals surface area (Å²) < 4.78 is 0. The second kappa shape index (κ2) is 7.46. The highest BCUT2D eigenvalue weighted by molar-refractivity contribution is 5.84. The monoisotopic (exact) mass is 291 g/mol. The van der Waals surface area contributed by atoms with E-state index in [0.29, 0.717) is 0 Å². The second-order valence-electron chi connectivity index (χ2n) is 6.17. The summed E-state index contributed by atoms with van der Waals surface area (Å²) in [5.41, 5.74) is 8.66. The molecule has 1 aromatic carbocycles. The van der Waals surface area contributed by atoms with E-state index < -0.39 is 5.54 Å². The number of unbranched alkanes of at least 4 members (excludes halogenated alkanes) is 1. The van der Waals surface area contributed by atoms with Gasteiger partial charge in [-0.1, -0.05) is 6.07 Å². The Morgan fingerprint density at radius 2 is 1.81 bits per heavy atom. The van der Waals surface area contributed by atoms with Crippen molar-refractivity contribution in [3.05, 3.63) is 29.3 Å². The van der Waals surface area contributed by atoms with Gasteiger partial charge in [-0.15, -0.1) is 0 Å². The van der Waals surface area contributed by atoms with Gasteiger partial charge in [0.15, 0.2) is 0 Å². The molecule has 0 aromatic heterocycles. The summed E-state index contributed by atoms with van der Waals surface area (Å²) in [6.45, 7) is 7.08. The van der Waals surface area contributed by atoms with Crippen molar-refractivity contribution in [2.75, 3.05) is 25.5 Å². The fourth-order valence-corrected chi connectivity index (χ4v) is 2.50. The first kappa shape index (κ1) is 17.5. The number of anilines is 1. The standard InChI is InChI=1S/C17H29N3O/c1-13-10-14(2)12-15(11-13)20(5)9-7-6-8-17(3,19-4)16(18)21/h10-12,19H,6-9H2,1-5H3,(H2,18,21). The zero-order valence-electron chi connectivity index (χ0n) is 14.0. The Hall–Kier alpha value is -1.55. The van der Waals surface area contributed by atoms with Crippen molar-refractivity contribution < 1.29 is 4.79 Å². The van der Waals surface area contributed by atoms with Crippen LogP contribution in [0.4, 0.5) is 5.69 Å². The minimum atomic E-state index is -0.599. The quantitative estimate of drug-likeness (QED) is 0.723. The van der Waals surface area contributed by atoms with Crippen molar-refractivity contribution in [3.8, 4) is 0 Å². The van der Waals surface area contributed by atoms with Crippen LogP contribution in [0.1, 0.15) is 37.3 Å². The third-order valence-electron chi connectivity index (χ3n) is 4.16. The Balaban J connectivity index is 2.47. The molecule has 0 saturated heterocycles. The lowest BCUT2D eigenvalue weighted by molar-refractivity contribution is -0.123. The smallest absolute Gasteiger partial charge is 0.237 e. The van der Waals surface area contributed by atoms with E-state index in [9.17, 15) is 4.79 Å². The largest absolute Gasteiger partial charge is 0.375 e. The average Bonchev–Trinajstić information content (AvgIpc) is 2.41. The van der Waals surface area contributed by atoms with Crippen molar-refractivity contribution in [1.29, 1.82) is 0 Å². The van der Waals surface area contributed by atoms with E-state index in [1.165, 1.54) is 16.8 Å². The van der Waals surface area contributed by atoms with Gasteiger partial charge in [0.25, 0.3) is 0 Å². The minimum Gasteiger partial charge on any atom is -0.375 e. The summed E-state index contributed by atoms with van der Waals surface area (Å²) in [5.74, 6) is -0.285. The molecule has 118 valence electrons. The van der Waals surface area contributed by atoms with Crippen LogP contribution < -0.4 is 16.0 Å². The molecule has 0 saturated carbocycles. The molecule has 4 heteroatoms. The van der Waals surface area contributed by atoms with Gasteiger partial charge >= 0.3 is 0 Å². The number of nitrogens with two attached hydrogens (primary N) is 1. The maximum atomic E-state index is 11.4. The number of aryl methyl sites for hydroxylation is 2. The highest BCUT2D eigenvalue weighted by Crippen LogP contribution is 2.19. The van der Waals surface area contributed by atoms with Crippen LogP contribution in [0, 0.1) is 13.8 Å². The molecule has 0 radical (unpaired) electrons. The Bertz CT molecular complexity index is 467. The van der Waals surface area contributed by atoms with Gasteiger partial charge in [0.2, 0.25) is 5.91 Å². The predicted octanol–water partition coefficient (Wildman–Crippen LogP) is 2.37. The molecule has 4 nitrogen and oxygen atoms in total. The van der Waals surface area contributed by atoms with Gasteiger partial charge in [-0.3, -0.25) is 4.79 Å². The van der Waals surface area contributed by atoms with Crippen molar-refractivity contribution in [3.63, 3.8) is 0 Å². The molecule has 0 heterocycles. The number of amides is 1. The lowest BCUT2D eigenvalue weighted by Crippen LogP contribution is -2.51. The maximum Gasteiger partial charge on any atom is 0.237 e. The van der Waals surface area contributed by atoms with Crippen LogP contribution >= 0.6 is 0 Å². The number of benzene rings is 1. The minimum absolute atomic E-state index is 0.285. The van der Waals surface area contributed by atoms with Crippen molar-refractivity contribution in [2.24, 2.45) is 5.73 Å². The number of primary amides is 1. The summed E-state index contributed by atoms with van der Waals surface area (Å²) in [4.78, 5) is 13.7. The lowest BCUT2D eigenvalue weighted by Gasteiger charge is -2.26. The van der Waals surface area contributed by atoms with Crippen molar-refractivity contribution >= 4 is 11.6 Å². The molecule has 1 aromatic rings. The molecular weight excluding hydrogens is 262 g/mol. The first-order valence-corrected chi connectivity index (χ1v) is 7.57. The first-order valence-electron chi connectivity index (χ1n) is 7.57. The van der Waals surface area contributed by atoms with E-state index in [4.69, 9.17) is 5.73 Å².